The Balaban J connectivity index is 4.09. The zero-order chi connectivity index (χ0) is 9.07. The number of methoxy groups -OCH3 is 2. The van der Waals surface area contributed by atoms with Crippen molar-refractivity contribution in [1.29, 1.82) is 0 Å². The number of rotatable bonds is 4. The molecule has 11 heavy (non-hydrogen) atoms. The van der Waals surface area contributed by atoms with Crippen LogP contribution in [0.4, 0.5) is 0 Å². The minimum Gasteiger partial charge on any atom is -0.386 e. The fourth-order valence-electron chi connectivity index (χ4n) is 0.705. The zero-order valence-electron chi connectivity index (χ0n) is 7.50. The van der Waals surface area contributed by atoms with Gasteiger partial charge in [0.15, 0.2) is 6.29 Å². The zero-order valence-corrected chi connectivity index (χ0v) is 7.50. The molecule has 0 amide bonds. The number of aliphatic hydroxyl groups excluding tert-OH is 1. The maximum atomic E-state index is 9.47. The summed E-state index contributed by atoms with van der Waals surface area (Å²) in [5.74, 6) is 0. The number of aliphatic hydroxyl groups is 1. The van der Waals surface area contributed by atoms with E-state index in [0.717, 1.165) is 0 Å². The molecule has 3 N–H and O–H groups in total. The van der Waals surface area contributed by atoms with Crippen LogP contribution in [0.2, 0.25) is 0 Å². The highest BCUT2D eigenvalue weighted by Crippen LogP contribution is 2.11. The summed E-state index contributed by atoms with van der Waals surface area (Å²) in [6.07, 6.45) is -1.48. The minimum atomic E-state index is -0.822. The molecule has 0 aromatic heterocycles. The standard InChI is InChI=1S/C7H17NO3/c1-7(2,8)5(9)6(10-3)11-4/h5-6,9H,8H2,1-4H3. The van der Waals surface area contributed by atoms with E-state index in [1.807, 2.05) is 0 Å². The fraction of sp³-hybridized carbons (Fsp3) is 1.00. The maximum Gasteiger partial charge on any atom is 0.184 e. The van der Waals surface area contributed by atoms with Crippen LogP contribution < -0.4 is 5.73 Å². The van der Waals surface area contributed by atoms with Gasteiger partial charge in [-0.05, 0) is 13.8 Å². The molecule has 0 aromatic carbocycles. The molecule has 0 rings (SSSR count). The van der Waals surface area contributed by atoms with Gasteiger partial charge in [0.2, 0.25) is 0 Å². The lowest BCUT2D eigenvalue weighted by molar-refractivity contribution is -0.178. The van der Waals surface area contributed by atoms with Gasteiger partial charge < -0.3 is 20.3 Å². The molecule has 0 saturated carbocycles. The van der Waals surface area contributed by atoms with Crippen LogP contribution in [-0.2, 0) is 9.47 Å². The summed E-state index contributed by atoms with van der Waals surface area (Å²) >= 11 is 0. The van der Waals surface area contributed by atoms with Crippen LogP contribution >= 0.6 is 0 Å². The summed E-state index contributed by atoms with van der Waals surface area (Å²) in [5, 5.41) is 9.47. The smallest absolute Gasteiger partial charge is 0.184 e. The van der Waals surface area contributed by atoms with E-state index in [1.54, 1.807) is 13.8 Å². The van der Waals surface area contributed by atoms with Crippen molar-refractivity contribution in [3.63, 3.8) is 0 Å². The Bertz CT molecular complexity index is 107. The molecular formula is C7H17NO3. The van der Waals surface area contributed by atoms with Gasteiger partial charge in [0, 0.05) is 19.8 Å². The van der Waals surface area contributed by atoms with Gasteiger partial charge in [-0.3, -0.25) is 0 Å². The van der Waals surface area contributed by atoms with E-state index < -0.39 is 17.9 Å². The molecule has 0 aromatic rings. The molecule has 1 atom stereocenters. The number of hydrogen-bond acceptors (Lipinski definition) is 4. The topological polar surface area (TPSA) is 64.7 Å². The van der Waals surface area contributed by atoms with Gasteiger partial charge in [-0.2, -0.15) is 0 Å². The second-order valence-corrected chi connectivity index (χ2v) is 3.11. The van der Waals surface area contributed by atoms with Crippen molar-refractivity contribution in [3.8, 4) is 0 Å². The van der Waals surface area contributed by atoms with E-state index in [-0.39, 0.29) is 0 Å². The monoisotopic (exact) mass is 163 g/mol. The van der Waals surface area contributed by atoms with Crippen molar-refractivity contribution in [3.05, 3.63) is 0 Å². The highest BCUT2D eigenvalue weighted by Gasteiger charge is 2.30. The van der Waals surface area contributed by atoms with E-state index in [4.69, 9.17) is 15.2 Å². The summed E-state index contributed by atoms with van der Waals surface area (Å²) < 4.78 is 9.67. The molecule has 0 saturated heterocycles. The quantitative estimate of drug-likeness (QED) is 0.559. The Morgan fingerprint density at radius 2 is 1.64 bits per heavy atom. The lowest BCUT2D eigenvalue weighted by Gasteiger charge is -2.30. The first-order chi connectivity index (χ1) is 4.93. The molecule has 0 heterocycles. The minimum absolute atomic E-state index is 0.657. The lowest BCUT2D eigenvalue weighted by Crippen LogP contribution is -2.52. The van der Waals surface area contributed by atoms with E-state index >= 15 is 0 Å². The summed E-state index contributed by atoms with van der Waals surface area (Å²) in [7, 11) is 2.92. The fourth-order valence-corrected chi connectivity index (χ4v) is 0.705. The van der Waals surface area contributed by atoms with Gasteiger partial charge in [0.1, 0.15) is 6.10 Å². The van der Waals surface area contributed by atoms with E-state index in [1.165, 1.54) is 14.2 Å². The van der Waals surface area contributed by atoms with Crippen LogP contribution in [0.25, 0.3) is 0 Å². The first kappa shape index (κ1) is 10.8. The normalized spacial score (nSPS) is 15.5. The van der Waals surface area contributed by atoms with Crippen molar-refractivity contribution in [2.24, 2.45) is 5.73 Å². The largest absolute Gasteiger partial charge is 0.386 e. The molecule has 68 valence electrons. The first-order valence-corrected chi connectivity index (χ1v) is 3.46. The predicted molar refractivity (Wildman–Crippen MR) is 42.1 cm³/mol. The van der Waals surface area contributed by atoms with Gasteiger partial charge in [0.25, 0.3) is 0 Å². The van der Waals surface area contributed by atoms with Crippen LogP contribution in [0.3, 0.4) is 0 Å². The average Bonchev–Trinajstić information content (AvgIpc) is 1.88. The van der Waals surface area contributed by atoms with Crippen molar-refractivity contribution in [2.45, 2.75) is 31.8 Å². The predicted octanol–water partition coefficient (Wildman–Crippen LogP) is -0.296. The van der Waals surface area contributed by atoms with Gasteiger partial charge in [-0.25, -0.2) is 0 Å². The van der Waals surface area contributed by atoms with Crippen molar-refractivity contribution >= 4 is 0 Å². The van der Waals surface area contributed by atoms with Crippen LogP contribution in [0.5, 0.6) is 0 Å². The molecule has 4 nitrogen and oxygen atoms in total. The number of nitrogens with two attached hydrogens (primary N) is 1. The van der Waals surface area contributed by atoms with Crippen LogP contribution in [0.1, 0.15) is 13.8 Å². The summed E-state index contributed by atoms with van der Waals surface area (Å²) in [6.45, 7) is 3.42. The van der Waals surface area contributed by atoms with Crippen molar-refractivity contribution in [1.82, 2.24) is 0 Å². The molecule has 0 aliphatic heterocycles. The Labute approximate surface area is 67.3 Å². The second-order valence-electron chi connectivity index (χ2n) is 3.11. The molecule has 0 bridgehead atoms. The van der Waals surface area contributed by atoms with Crippen molar-refractivity contribution in [2.75, 3.05) is 14.2 Å². The van der Waals surface area contributed by atoms with Gasteiger partial charge >= 0.3 is 0 Å². The Kier molecular flexibility index (Phi) is 3.96. The second kappa shape index (κ2) is 4.01. The highest BCUT2D eigenvalue weighted by molar-refractivity contribution is 4.83. The Morgan fingerprint density at radius 3 is 1.73 bits per heavy atom. The molecule has 0 aliphatic rings. The highest BCUT2D eigenvalue weighted by atomic mass is 16.7. The molecule has 0 radical (unpaired) electrons. The van der Waals surface area contributed by atoms with Crippen LogP contribution in [0, 0.1) is 0 Å². The van der Waals surface area contributed by atoms with E-state index in [9.17, 15) is 5.11 Å². The Morgan fingerprint density at radius 1 is 1.27 bits per heavy atom. The third kappa shape index (κ3) is 3.16. The molecule has 0 aliphatic carbocycles. The molecular weight excluding hydrogens is 146 g/mol. The number of hydrogen-bond donors (Lipinski definition) is 2. The van der Waals surface area contributed by atoms with Crippen molar-refractivity contribution < 1.29 is 14.6 Å². The number of ether oxygens (including phenoxy) is 2. The maximum absolute atomic E-state index is 9.47. The van der Waals surface area contributed by atoms with Crippen LogP contribution in [-0.4, -0.2) is 37.3 Å². The molecule has 1 unspecified atom stereocenters. The van der Waals surface area contributed by atoms with Gasteiger partial charge in [0.05, 0.1) is 0 Å². The average molecular weight is 163 g/mol. The third-order valence-electron chi connectivity index (χ3n) is 1.48. The summed E-state index contributed by atoms with van der Waals surface area (Å²) in [4.78, 5) is 0. The Hall–Kier alpha value is -0.160. The summed E-state index contributed by atoms with van der Waals surface area (Å²) in [5.41, 5.74) is 4.91. The van der Waals surface area contributed by atoms with Gasteiger partial charge in [-0.15, -0.1) is 0 Å². The molecule has 4 heteroatoms. The summed E-state index contributed by atoms with van der Waals surface area (Å²) in [6, 6.07) is 0. The van der Waals surface area contributed by atoms with Crippen LogP contribution in [0.15, 0.2) is 0 Å². The molecule has 0 spiro atoms. The van der Waals surface area contributed by atoms with E-state index in [0.29, 0.717) is 0 Å². The molecule has 0 fully saturated rings. The third-order valence-corrected chi connectivity index (χ3v) is 1.48. The lowest BCUT2D eigenvalue weighted by atomic mass is 9.98. The SMILES string of the molecule is COC(OC)C(O)C(C)(C)N. The van der Waals surface area contributed by atoms with E-state index in [2.05, 4.69) is 0 Å². The first-order valence-electron chi connectivity index (χ1n) is 3.46. The van der Waals surface area contributed by atoms with Gasteiger partial charge in [-0.1, -0.05) is 0 Å².